The van der Waals surface area contributed by atoms with Gasteiger partial charge in [-0.25, -0.2) is 4.79 Å². The number of Topliss-reactive ketones (excluding diaryl/α,β-unsaturated/α-hetero) is 1. The molecule has 1 fully saturated rings. The van der Waals surface area contributed by atoms with E-state index in [-0.39, 0.29) is 17.8 Å². The Balaban J connectivity index is 2.13. The molecule has 21 heavy (non-hydrogen) atoms. The molecule has 2 rings (SSSR count). The lowest BCUT2D eigenvalue weighted by molar-refractivity contribution is -0.123. The molecule has 0 aliphatic carbocycles. The van der Waals surface area contributed by atoms with E-state index in [2.05, 4.69) is 4.98 Å². The van der Waals surface area contributed by atoms with Crippen LogP contribution in [0.15, 0.2) is 18.3 Å². The number of ether oxygens (including phenoxy) is 1. The third-order valence-electron chi connectivity index (χ3n) is 3.39. The first-order valence-electron chi connectivity index (χ1n) is 7.19. The van der Waals surface area contributed by atoms with Crippen LogP contribution in [0.4, 0.5) is 4.79 Å². The quantitative estimate of drug-likeness (QED) is 0.798. The minimum Gasteiger partial charge on any atom is -0.444 e. The van der Waals surface area contributed by atoms with Crippen LogP contribution in [0, 0.1) is 6.92 Å². The number of carbonyl (C=O) groups excluding carboxylic acids is 2. The number of carbonyl (C=O) groups is 2. The van der Waals surface area contributed by atoms with Crippen LogP contribution in [-0.2, 0) is 9.53 Å². The van der Waals surface area contributed by atoms with Gasteiger partial charge in [-0.3, -0.25) is 9.78 Å². The second-order valence-electron chi connectivity index (χ2n) is 6.43. The van der Waals surface area contributed by atoms with E-state index < -0.39 is 5.60 Å². The number of hydrogen-bond acceptors (Lipinski definition) is 4. The average Bonchev–Trinajstić information content (AvgIpc) is 2.37. The van der Waals surface area contributed by atoms with E-state index in [1.54, 1.807) is 11.1 Å². The first kappa shape index (κ1) is 15.5. The lowest BCUT2D eigenvalue weighted by Crippen LogP contribution is -2.45. The molecule has 5 heteroatoms. The Morgan fingerprint density at radius 1 is 1.43 bits per heavy atom. The molecule has 0 spiro atoms. The Morgan fingerprint density at radius 2 is 2.14 bits per heavy atom. The molecule has 1 amide bonds. The Hall–Kier alpha value is -1.91. The van der Waals surface area contributed by atoms with Gasteiger partial charge < -0.3 is 9.64 Å². The second kappa shape index (κ2) is 5.84. The van der Waals surface area contributed by atoms with Crippen molar-refractivity contribution in [2.75, 3.05) is 13.1 Å². The third kappa shape index (κ3) is 4.03. The van der Waals surface area contributed by atoms with Crippen molar-refractivity contribution in [3.8, 4) is 0 Å². The normalized spacial score (nSPS) is 19.5. The molecule has 0 saturated carbocycles. The molecular weight excluding hydrogens is 268 g/mol. The number of nitrogens with zero attached hydrogens (tertiary/aromatic N) is 2. The maximum atomic E-state index is 12.2. The van der Waals surface area contributed by atoms with E-state index in [0.29, 0.717) is 19.5 Å². The number of aryl methyl sites for hydroxylation is 1. The van der Waals surface area contributed by atoms with Crippen LogP contribution in [0.1, 0.15) is 44.4 Å². The van der Waals surface area contributed by atoms with E-state index >= 15 is 0 Å². The van der Waals surface area contributed by atoms with Crippen LogP contribution in [0.25, 0.3) is 0 Å². The summed E-state index contributed by atoms with van der Waals surface area (Å²) in [5.74, 6) is -0.117. The third-order valence-corrected chi connectivity index (χ3v) is 3.39. The number of pyridine rings is 1. The summed E-state index contributed by atoms with van der Waals surface area (Å²) in [6, 6.07) is 3.75. The van der Waals surface area contributed by atoms with Gasteiger partial charge in [0.05, 0.1) is 5.92 Å². The van der Waals surface area contributed by atoms with E-state index in [0.717, 1.165) is 11.3 Å². The summed E-state index contributed by atoms with van der Waals surface area (Å²) in [5, 5.41) is 0. The summed E-state index contributed by atoms with van der Waals surface area (Å²) in [5.41, 5.74) is 1.26. The van der Waals surface area contributed by atoms with Gasteiger partial charge in [-0.15, -0.1) is 0 Å². The minimum atomic E-state index is -0.526. The molecule has 0 N–H and O–H groups in total. The van der Waals surface area contributed by atoms with Gasteiger partial charge in [0.2, 0.25) is 0 Å². The van der Waals surface area contributed by atoms with Crippen LogP contribution in [0.2, 0.25) is 0 Å². The van der Waals surface area contributed by atoms with Crippen molar-refractivity contribution in [1.82, 2.24) is 9.88 Å². The Bertz CT molecular complexity index is 549. The van der Waals surface area contributed by atoms with Crippen molar-refractivity contribution in [2.45, 2.75) is 45.6 Å². The Labute approximate surface area is 125 Å². The second-order valence-corrected chi connectivity index (χ2v) is 6.43. The topological polar surface area (TPSA) is 59.5 Å². The minimum absolute atomic E-state index is 0.167. The molecule has 0 aromatic carbocycles. The molecule has 1 saturated heterocycles. The molecular formula is C16H22N2O3. The van der Waals surface area contributed by atoms with E-state index in [1.165, 1.54) is 0 Å². The number of amides is 1. The van der Waals surface area contributed by atoms with Gasteiger partial charge in [0.15, 0.2) is 0 Å². The van der Waals surface area contributed by atoms with Crippen molar-refractivity contribution < 1.29 is 14.3 Å². The van der Waals surface area contributed by atoms with Gasteiger partial charge in [-0.05, 0) is 45.4 Å². The van der Waals surface area contributed by atoms with Crippen LogP contribution in [0.5, 0.6) is 0 Å². The van der Waals surface area contributed by atoms with E-state index in [9.17, 15) is 9.59 Å². The van der Waals surface area contributed by atoms with E-state index in [4.69, 9.17) is 4.74 Å². The summed E-state index contributed by atoms with van der Waals surface area (Å²) in [6.45, 7) is 8.20. The molecule has 0 unspecified atom stereocenters. The number of piperidine rings is 1. The van der Waals surface area contributed by atoms with Gasteiger partial charge in [0, 0.05) is 31.4 Å². The highest BCUT2D eigenvalue weighted by Gasteiger charge is 2.33. The Kier molecular flexibility index (Phi) is 4.30. The highest BCUT2D eigenvalue weighted by molar-refractivity contribution is 5.88. The fraction of sp³-hybridized carbons (Fsp3) is 0.562. The van der Waals surface area contributed by atoms with Crippen molar-refractivity contribution >= 4 is 11.9 Å². The van der Waals surface area contributed by atoms with Crippen LogP contribution in [-0.4, -0.2) is 40.5 Å². The maximum Gasteiger partial charge on any atom is 0.410 e. The fourth-order valence-corrected chi connectivity index (χ4v) is 2.40. The number of hydrogen-bond donors (Lipinski definition) is 0. The zero-order valence-corrected chi connectivity index (χ0v) is 13.0. The molecule has 5 nitrogen and oxygen atoms in total. The van der Waals surface area contributed by atoms with Crippen molar-refractivity contribution in [1.29, 1.82) is 0 Å². The van der Waals surface area contributed by atoms with Crippen LogP contribution >= 0.6 is 0 Å². The first-order chi connectivity index (χ1) is 9.76. The number of aromatic nitrogens is 1. The standard InChI is InChI=1S/C16H22N2O3/c1-11-9-12(5-7-17-11)13-10-18(8-6-14(13)19)15(20)21-16(2,3)4/h5,7,9,13H,6,8,10H2,1-4H3/t13-/m1/s1. The average molecular weight is 290 g/mol. The highest BCUT2D eigenvalue weighted by atomic mass is 16.6. The monoisotopic (exact) mass is 290 g/mol. The van der Waals surface area contributed by atoms with Crippen molar-refractivity contribution in [2.24, 2.45) is 0 Å². The largest absolute Gasteiger partial charge is 0.444 e. The fourth-order valence-electron chi connectivity index (χ4n) is 2.40. The molecule has 1 aliphatic heterocycles. The van der Waals surface area contributed by atoms with Crippen LogP contribution < -0.4 is 0 Å². The Morgan fingerprint density at radius 3 is 2.76 bits per heavy atom. The van der Waals surface area contributed by atoms with Gasteiger partial charge in [0.25, 0.3) is 0 Å². The predicted molar refractivity (Wildman–Crippen MR) is 79.1 cm³/mol. The van der Waals surface area contributed by atoms with Gasteiger partial charge in [-0.1, -0.05) is 0 Å². The molecule has 1 aromatic rings. The molecule has 2 heterocycles. The molecule has 1 atom stereocenters. The number of rotatable bonds is 1. The zero-order valence-electron chi connectivity index (χ0n) is 13.0. The summed E-state index contributed by atoms with van der Waals surface area (Å²) in [6.07, 6.45) is 1.71. The first-order valence-corrected chi connectivity index (χ1v) is 7.19. The highest BCUT2D eigenvalue weighted by Crippen LogP contribution is 2.25. The summed E-state index contributed by atoms with van der Waals surface area (Å²) < 4.78 is 5.38. The van der Waals surface area contributed by atoms with Gasteiger partial charge in [-0.2, -0.15) is 0 Å². The lowest BCUT2D eigenvalue weighted by atomic mass is 9.90. The number of ketones is 1. The van der Waals surface area contributed by atoms with Crippen molar-refractivity contribution in [3.05, 3.63) is 29.6 Å². The summed E-state index contributed by atoms with van der Waals surface area (Å²) >= 11 is 0. The van der Waals surface area contributed by atoms with E-state index in [1.807, 2.05) is 39.8 Å². The van der Waals surface area contributed by atoms with Gasteiger partial charge >= 0.3 is 6.09 Å². The molecule has 114 valence electrons. The summed E-state index contributed by atoms with van der Waals surface area (Å²) in [4.78, 5) is 30.1. The van der Waals surface area contributed by atoms with Crippen LogP contribution in [0.3, 0.4) is 0 Å². The molecule has 1 aromatic heterocycles. The maximum absolute atomic E-state index is 12.2. The van der Waals surface area contributed by atoms with Crippen molar-refractivity contribution in [3.63, 3.8) is 0 Å². The van der Waals surface area contributed by atoms with Gasteiger partial charge in [0.1, 0.15) is 11.4 Å². The molecule has 0 radical (unpaired) electrons. The smallest absolute Gasteiger partial charge is 0.410 e. The lowest BCUT2D eigenvalue weighted by Gasteiger charge is -2.33. The molecule has 1 aliphatic rings. The summed E-state index contributed by atoms with van der Waals surface area (Å²) in [7, 11) is 0. The molecule has 0 bridgehead atoms. The zero-order chi connectivity index (χ0) is 15.6. The predicted octanol–water partition coefficient (Wildman–Crippen LogP) is 2.68. The number of likely N-dealkylation sites (tertiary alicyclic amines) is 1. The SMILES string of the molecule is Cc1cc([C@H]2CN(C(=O)OC(C)(C)C)CCC2=O)ccn1.